The maximum Gasteiger partial charge on any atom is 0.338 e. The van der Waals surface area contributed by atoms with E-state index in [9.17, 15) is 14.4 Å². The van der Waals surface area contributed by atoms with Crippen LogP contribution >= 0.6 is 23.2 Å². The van der Waals surface area contributed by atoms with Gasteiger partial charge in [-0.2, -0.15) is 0 Å². The minimum atomic E-state index is -1.43. The number of nitrogens with one attached hydrogen (secondary N) is 1. The van der Waals surface area contributed by atoms with E-state index in [1.54, 1.807) is 30.3 Å². The molecular weight excluding hydrogens is 509 g/mol. The molecule has 0 aliphatic heterocycles. The van der Waals surface area contributed by atoms with Gasteiger partial charge in [-0.25, -0.2) is 4.79 Å². The predicted molar refractivity (Wildman–Crippen MR) is 152 cm³/mol. The highest BCUT2D eigenvalue weighted by molar-refractivity contribution is 6.46. The molecule has 1 unspecified atom stereocenters. The van der Waals surface area contributed by atoms with Crippen molar-refractivity contribution in [3.8, 4) is 0 Å². The number of rotatable bonds is 18. The van der Waals surface area contributed by atoms with E-state index < -0.39 is 23.0 Å². The molecule has 0 spiro atoms. The number of hydrogen-bond donors (Lipinski definition) is 1. The van der Waals surface area contributed by atoms with Gasteiger partial charge in [-0.05, 0) is 24.6 Å². The van der Waals surface area contributed by atoms with Crippen molar-refractivity contribution in [3.05, 3.63) is 64.7 Å². The van der Waals surface area contributed by atoms with E-state index in [0.29, 0.717) is 12.2 Å². The number of amides is 1. The number of carbonyl (C=O) groups excluding carboxylic acids is 3. The second-order valence-electron chi connectivity index (χ2n) is 9.30. The summed E-state index contributed by atoms with van der Waals surface area (Å²) in [7, 11) is 0. The third-order valence-electron chi connectivity index (χ3n) is 6.21. The Hall–Kier alpha value is -2.37. The van der Waals surface area contributed by atoms with Crippen LogP contribution in [0.4, 0.5) is 5.69 Å². The number of ether oxygens (including phenoxy) is 1. The Bertz CT molecular complexity index is 981. The first-order valence-corrected chi connectivity index (χ1v) is 14.3. The highest BCUT2D eigenvalue weighted by atomic mass is 35.5. The van der Waals surface area contributed by atoms with E-state index in [0.717, 1.165) is 19.3 Å². The van der Waals surface area contributed by atoms with Crippen LogP contribution in [0.2, 0.25) is 5.02 Å². The van der Waals surface area contributed by atoms with Crippen LogP contribution in [0.15, 0.2) is 48.5 Å². The molecule has 2 rings (SSSR count). The molecule has 0 saturated carbocycles. The molecular formula is C30H39Cl2NO4. The van der Waals surface area contributed by atoms with Gasteiger partial charge in [0, 0.05) is 5.56 Å². The first kappa shape index (κ1) is 30.9. The minimum absolute atomic E-state index is 0.193. The Morgan fingerprint density at radius 2 is 1.35 bits per heavy atom. The number of hydrogen-bond acceptors (Lipinski definition) is 4. The van der Waals surface area contributed by atoms with Crippen molar-refractivity contribution < 1.29 is 19.1 Å². The van der Waals surface area contributed by atoms with Crippen molar-refractivity contribution in [1.29, 1.82) is 0 Å². The summed E-state index contributed by atoms with van der Waals surface area (Å²) in [4.78, 5) is 37.4. The lowest BCUT2D eigenvalue weighted by atomic mass is 10.1. The van der Waals surface area contributed by atoms with Gasteiger partial charge >= 0.3 is 5.97 Å². The first-order chi connectivity index (χ1) is 17.9. The smallest absolute Gasteiger partial charge is 0.338 e. The van der Waals surface area contributed by atoms with Gasteiger partial charge in [-0.15, -0.1) is 11.6 Å². The van der Waals surface area contributed by atoms with Gasteiger partial charge in [0.1, 0.15) is 0 Å². The third-order valence-corrected chi connectivity index (χ3v) is 6.94. The first-order valence-electron chi connectivity index (χ1n) is 13.4. The van der Waals surface area contributed by atoms with Gasteiger partial charge in [-0.1, -0.05) is 119 Å². The molecule has 5 nitrogen and oxygen atoms in total. The summed E-state index contributed by atoms with van der Waals surface area (Å²) in [5, 5.41) is 1.34. The van der Waals surface area contributed by atoms with E-state index in [1.165, 1.54) is 76.0 Å². The molecule has 37 heavy (non-hydrogen) atoms. The number of carbonyl (C=O) groups is 3. The Morgan fingerprint density at radius 3 is 1.95 bits per heavy atom. The second kappa shape index (κ2) is 18.0. The van der Waals surface area contributed by atoms with Crippen LogP contribution in [0.1, 0.15) is 105 Å². The van der Waals surface area contributed by atoms with Gasteiger partial charge in [0.05, 0.1) is 22.9 Å². The van der Waals surface area contributed by atoms with Crippen molar-refractivity contribution in [1.82, 2.24) is 0 Å². The molecule has 0 saturated heterocycles. The number of alkyl halides is 1. The number of ketones is 1. The van der Waals surface area contributed by atoms with E-state index in [-0.39, 0.29) is 16.3 Å². The number of benzene rings is 2. The number of esters is 1. The second-order valence-corrected chi connectivity index (χ2v) is 10.1. The molecule has 1 atom stereocenters. The van der Waals surface area contributed by atoms with Crippen molar-refractivity contribution in [2.45, 2.75) is 89.4 Å². The number of halogens is 2. The maximum atomic E-state index is 12.5. The summed E-state index contributed by atoms with van der Waals surface area (Å²) >= 11 is 12.3. The van der Waals surface area contributed by atoms with Crippen molar-refractivity contribution in [3.63, 3.8) is 0 Å². The van der Waals surface area contributed by atoms with Gasteiger partial charge in [0.15, 0.2) is 11.2 Å². The maximum absolute atomic E-state index is 12.5. The lowest BCUT2D eigenvalue weighted by molar-refractivity contribution is -0.115. The Balaban J connectivity index is 1.68. The Kier molecular flexibility index (Phi) is 15.0. The summed E-state index contributed by atoms with van der Waals surface area (Å²) in [6.07, 6.45) is 14.8. The van der Waals surface area contributed by atoms with Crippen molar-refractivity contribution in [2.75, 3.05) is 11.9 Å². The van der Waals surface area contributed by atoms with Crippen LogP contribution < -0.4 is 5.32 Å². The highest BCUT2D eigenvalue weighted by Crippen LogP contribution is 2.24. The fourth-order valence-corrected chi connectivity index (χ4v) is 4.35. The zero-order chi connectivity index (χ0) is 26.9. The van der Waals surface area contributed by atoms with Crippen molar-refractivity contribution in [2.24, 2.45) is 0 Å². The highest BCUT2D eigenvalue weighted by Gasteiger charge is 2.26. The summed E-state index contributed by atoms with van der Waals surface area (Å²) in [6, 6.07) is 12.8. The third kappa shape index (κ3) is 11.7. The van der Waals surface area contributed by atoms with E-state index in [1.807, 2.05) is 0 Å². The summed E-state index contributed by atoms with van der Waals surface area (Å²) < 4.78 is 5.39. The molecule has 0 aliphatic rings. The topological polar surface area (TPSA) is 72.5 Å². The summed E-state index contributed by atoms with van der Waals surface area (Å²) in [5.74, 6) is -1.73. The molecule has 0 bridgehead atoms. The quantitative estimate of drug-likeness (QED) is 0.0665. The van der Waals surface area contributed by atoms with E-state index in [4.69, 9.17) is 27.9 Å². The van der Waals surface area contributed by atoms with Crippen molar-refractivity contribution >= 4 is 46.5 Å². The Labute approximate surface area is 231 Å². The zero-order valence-electron chi connectivity index (χ0n) is 21.8. The SMILES string of the molecule is CCCCCCCCCCCCCCOC(=O)c1ccc(Cl)c(NC(=O)C(Cl)C(=O)c2ccccc2)c1. The minimum Gasteiger partial charge on any atom is -0.462 e. The molecule has 2 aromatic rings. The molecule has 1 amide bonds. The largest absolute Gasteiger partial charge is 0.462 e. The average Bonchev–Trinajstić information content (AvgIpc) is 2.92. The molecule has 2 aromatic carbocycles. The fourth-order valence-electron chi connectivity index (χ4n) is 4.00. The van der Waals surface area contributed by atoms with E-state index in [2.05, 4.69) is 12.2 Å². The average molecular weight is 549 g/mol. The van der Waals surface area contributed by atoms with Crippen LogP contribution in [0.3, 0.4) is 0 Å². The van der Waals surface area contributed by atoms with Crippen LogP contribution in [0.5, 0.6) is 0 Å². The molecule has 1 N–H and O–H groups in total. The van der Waals surface area contributed by atoms with Crippen LogP contribution in [-0.2, 0) is 9.53 Å². The lowest BCUT2D eigenvalue weighted by Gasteiger charge is -2.12. The predicted octanol–water partition coefficient (Wildman–Crippen LogP) is 8.63. The standard InChI is InChI=1S/C30H39Cl2NO4/c1-2-3-4-5-6-7-8-9-10-11-12-16-21-37-30(36)24-19-20-25(31)26(22-24)33-29(35)27(32)28(34)23-17-14-13-15-18-23/h13-15,17-20,22,27H,2-12,16,21H2,1H3,(H,33,35). The Morgan fingerprint density at radius 1 is 0.784 bits per heavy atom. The number of Topliss-reactive ketones (excluding diaryl/α,β-unsaturated/α-hetero) is 1. The van der Waals surface area contributed by atoms with Crippen LogP contribution in [-0.4, -0.2) is 29.6 Å². The van der Waals surface area contributed by atoms with Gasteiger partial charge in [0.25, 0.3) is 0 Å². The lowest BCUT2D eigenvalue weighted by Crippen LogP contribution is -2.30. The molecule has 202 valence electrons. The van der Waals surface area contributed by atoms with Crippen LogP contribution in [0, 0.1) is 0 Å². The monoisotopic (exact) mass is 547 g/mol. The number of unbranched alkanes of at least 4 members (excludes halogenated alkanes) is 11. The fraction of sp³-hybridized carbons (Fsp3) is 0.500. The normalized spacial score (nSPS) is 11.6. The molecule has 0 fully saturated rings. The molecule has 7 heteroatoms. The van der Waals surface area contributed by atoms with Crippen LogP contribution in [0.25, 0.3) is 0 Å². The van der Waals surface area contributed by atoms with Gasteiger partial charge in [0.2, 0.25) is 5.91 Å². The summed E-state index contributed by atoms with van der Waals surface area (Å²) in [6.45, 7) is 2.59. The summed E-state index contributed by atoms with van der Waals surface area (Å²) in [5.41, 5.74) is 0.788. The number of anilines is 1. The molecule has 0 aliphatic carbocycles. The van der Waals surface area contributed by atoms with Gasteiger partial charge in [-0.3, -0.25) is 9.59 Å². The van der Waals surface area contributed by atoms with Gasteiger partial charge < -0.3 is 10.1 Å². The molecule has 0 aromatic heterocycles. The van der Waals surface area contributed by atoms with E-state index >= 15 is 0 Å². The molecule has 0 heterocycles. The molecule has 0 radical (unpaired) electrons. The zero-order valence-corrected chi connectivity index (χ0v) is 23.3.